The van der Waals surface area contributed by atoms with Gasteiger partial charge in [0.1, 0.15) is 6.10 Å². The van der Waals surface area contributed by atoms with Gasteiger partial charge >= 0.3 is 0 Å². The largest absolute Gasteiger partial charge is 0.369 e. The molecule has 0 unspecified atom stereocenters. The minimum Gasteiger partial charge on any atom is -0.369 e. The van der Waals surface area contributed by atoms with Gasteiger partial charge in [0, 0.05) is 13.5 Å². The molecule has 0 N–H and O–H groups in total. The molecule has 0 amide bonds. The lowest BCUT2D eigenvalue weighted by Crippen LogP contribution is -2.62. The summed E-state index contributed by atoms with van der Waals surface area (Å²) in [4.78, 5) is 2.22. The molecule has 4 heteroatoms. The van der Waals surface area contributed by atoms with Gasteiger partial charge < -0.3 is 19.1 Å². The summed E-state index contributed by atoms with van der Waals surface area (Å²) in [5.74, 6) is 0. The first-order valence-corrected chi connectivity index (χ1v) is 7.48. The maximum atomic E-state index is 6.23. The number of methoxy groups -OCH3 is 1. The third kappa shape index (κ3) is 3.64. The quantitative estimate of drug-likeness (QED) is 0.835. The summed E-state index contributed by atoms with van der Waals surface area (Å²) in [5, 5.41) is 0. The number of benzene rings is 1. The van der Waals surface area contributed by atoms with Crippen molar-refractivity contribution in [3.8, 4) is 0 Å². The van der Waals surface area contributed by atoms with E-state index in [2.05, 4.69) is 45.0 Å². The molecule has 1 heterocycles. The normalized spacial score (nSPS) is 33.3. The second-order valence-electron chi connectivity index (χ2n) is 6.18. The summed E-state index contributed by atoms with van der Waals surface area (Å²) in [6, 6.07) is 10.2. The second-order valence-corrected chi connectivity index (χ2v) is 6.18. The zero-order chi connectivity index (χ0) is 15.5. The fraction of sp³-hybridized carbons (Fsp3) is 0.647. The molecule has 0 bridgehead atoms. The maximum absolute atomic E-state index is 6.23. The van der Waals surface area contributed by atoms with E-state index in [1.54, 1.807) is 7.11 Å². The molecule has 1 fully saturated rings. The first-order valence-electron chi connectivity index (χ1n) is 7.48. The van der Waals surface area contributed by atoms with Crippen molar-refractivity contribution in [3.05, 3.63) is 35.9 Å². The second kappa shape index (κ2) is 6.88. The number of likely N-dealkylation sites (N-methyl/N-ethyl adjacent to an activating group) is 1. The van der Waals surface area contributed by atoms with Crippen molar-refractivity contribution < 1.29 is 14.2 Å². The number of rotatable bonds is 5. The van der Waals surface area contributed by atoms with E-state index in [9.17, 15) is 0 Å². The van der Waals surface area contributed by atoms with Crippen LogP contribution in [0.3, 0.4) is 0 Å². The molecular weight excluding hydrogens is 266 g/mol. The Hall–Kier alpha value is -0.940. The van der Waals surface area contributed by atoms with E-state index in [0.29, 0.717) is 6.61 Å². The Bertz CT molecular complexity index is 437. The van der Waals surface area contributed by atoms with Gasteiger partial charge in [-0.1, -0.05) is 30.3 Å². The van der Waals surface area contributed by atoms with Crippen LogP contribution in [0.15, 0.2) is 30.3 Å². The number of nitrogens with zero attached hydrogens (tertiary/aromatic N) is 1. The van der Waals surface area contributed by atoms with Crippen LogP contribution in [0.1, 0.15) is 25.8 Å². The minimum absolute atomic E-state index is 0.000828. The van der Waals surface area contributed by atoms with Gasteiger partial charge in [0.05, 0.1) is 18.2 Å². The lowest BCUT2D eigenvalue weighted by atomic mass is 9.83. The zero-order valence-electron chi connectivity index (χ0n) is 13.7. The number of ether oxygens (including phenoxy) is 3. The highest BCUT2D eigenvalue weighted by Gasteiger charge is 2.47. The molecule has 1 aliphatic heterocycles. The average molecular weight is 293 g/mol. The van der Waals surface area contributed by atoms with E-state index in [1.807, 2.05) is 18.2 Å². The molecule has 118 valence electrons. The van der Waals surface area contributed by atoms with E-state index >= 15 is 0 Å². The molecule has 21 heavy (non-hydrogen) atoms. The summed E-state index contributed by atoms with van der Waals surface area (Å²) >= 11 is 0. The van der Waals surface area contributed by atoms with Gasteiger partial charge in [-0.25, -0.2) is 0 Å². The Morgan fingerprint density at radius 2 is 1.95 bits per heavy atom. The van der Waals surface area contributed by atoms with Gasteiger partial charge in [0.25, 0.3) is 0 Å². The van der Waals surface area contributed by atoms with Crippen LogP contribution >= 0.6 is 0 Å². The highest BCUT2D eigenvalue weighted by molar-refractivity contribution is 5.13. The summed E-state index contributed by atoms with van der Waals surface area (Å²) in [6.45, 7) is 4.87. The third-order valence-electron chi connectivity index (χ3n) is 4.54. The molecule has 2 rings (SSSR count). The topological polar surface area (TPSA) is 30.9 Å². The number of hydrogen-bond acceptors (Lipinski definition) is 4. The average Bonchev–Trinajstić information content (AvgIpc) is 2.47. The van der Waals surface area contributed by atoms with Gasteiger partial charge in [-0.15, -0.1) is 0 Å². The molecule has 0 aromatic heterocycles. The van der Waals surface area contributed by atoms with Crippen molar-refractivity contribution in [1.29, 1.82) is 0 Å². The first kappa shape index (κ1) is 16.4. The standard InChI is InChI=1S/C17H27NO3/c1-13-16(20-12-14-9-7-6-8-10-14)17(2,18(3)4)11-15(19-5)21-13/h6-10,13,15-16H,11-12H2,1-5H3/t13-,15-,16+,17-/m0/s1. The van der Waals surface area contributed by atoms with Crippen LogP contribution in [0, 0.1) is 0 Å². The highest BCUT2D eigenvalue weighted by Crippen LogP contribution is 2.35. The lowest BCUT2D eigenvalue weighted by molar-refractivity contribution is -0.258. The van der Waals surface area contributed by atoms with Crippen molar-refractivity contribution in [2.24, 2.45) is 0 Å². The Morgan fingerprint density at radius 1 is 1.29 bits per heavy atom. The van der Waals surface area contributed by atoms with E-state index < -0.39 is 0 Å². The Morgan fingerprint density at radius 3 is 2.52 bits per heavy atom. The predicted molar refractivity (Wildman–Crippen MR) is 83.1 cm³/mol. The van der Waals surface area contributed by atoms with Gasteiger partial charge in [-0.05, 0) is 33.5 Å². The molecule has 1 saturated heterocycles. The SMILES string of the molecule is CO[C@@H]1C[C@](C)(N(C)C)[C@H](OCc2ccccc2)[C@H](C)O1. The smallest absolute Gasteiger partial charge is 0.159 e. The van der Waals surface area contributed by atoms with E-state index in [4.69, 9.17) is 14.2 Å². The minimum atomic E-state index is -0.177. The van der Waals surface area contributed by atoms with Gasteiger partial charge in [-0.3, -0.25) is 0 Å². The van der Waals surface area contributed by atoms with Crippen LogP contribution < -0.4 is 0 Å². The molecular formula is C17H27NO3. The third-order valence-corrected chi connectivity index (χ3v) is 4.54. The Balaban J connectivity index is 2.10. The van der Waals surface area contributed by atoms with Crippen molar-refractivity contribution in [2.45, 2.75) is 50.9 Å². The summed E-state index contributed by atoms with van der Waals surface area (Å²) in [6.07, 6.45) is 0.600. The Kier molecular flexibility index (Phi) is 5.38. The van der Waals surface area contributed by atoms with Gasteiger partial charge in [-0.2, -0.15) is 0 Å². The predicted octanol–water partition coefficient (Wildman–Crippen LogP) is 2.67. The zero-order valence-corrected chi connectivity index (χ0v) is 13.7. The molecule has 0 aliphatic carbocycles. The van der Waals surface area contributed by atoms with Crippen LogP contribution in [-0.4, -0.2) is 50.1 Å². The fourth-order valence-corrected chi connectivity index (χ4v) is 2.97. The lowest BCUT2D eigenvalue weighted by Gasteiger charge is -2.50. The molecule has 1 aromatic carbocycles. The highest BCUT2D eigenvalue weighted by atomic mass is 16.7. The number of hydrogen-bond donors (Lipinski definition) is 0. The van der Waals surface area contributed by atoms with Gasteiger partial charge in [0.15, 0.2) is 6.29 Å². The van der Waals surface area contributed by atoms with E-state index in [0.717, 1.165) is 6.42 Å². The first-order chi connectivity index (χ1) is 9.97. The molecule has 1 aliphatic rings. The maximum Gasteiger partial charge on any atom is 0.159 e. The Labute approximate surface area is 128 Å². The van der Waals surface area contributed by atoms with Gasteiger partial charge in [0.2, 0.25) is 0 Å². The molecule has 0 spiro atoms. The molecule has 0 radical (unpaired) electrons. The van der Waals surface area contributed by atoms with Crippen LogP contribution in [0.4, 0.5) is 0 Å². The monoisotopic (exact) mass is 293 g/mol. The van der Waals surface area contributed by atoms with E-state index in [-0.39, 0.29) is 24.0 Å². The summed E-state index contributed by atoms with van der Waals surface area (Å²) in [7, 11) is 5.87. The summed E-state index contributed by atoms with van der Waals surface area (Å²) in [5.41, 5.74) is 1.06. The fourth-order valence-electron chi connectivity index (χ4n) is 2.97. The van der Waals surface area contributed by atoms with Crippen molar-refractivity contribution in [3.63, 3.8) is 0 Å². The van der Waals surface area contributed by atoms with Crippen molar-refractivity contribution in [2.75, 3.05) is 21.2 Å². The van der Waals surface area contributed by atoms with E-state index in [1.165, 1.54) is 5.56 Å². The molecule has 4 nitrogen and oxygen atoms in total. The van der Waals surface area contributed by atoms with Crippen molar-refractivity contribution in [1.82, 2.24) is 4.90 Å². The van der Waals surface area contributed by atoms with Crippen LogP contribution in [0.2, 0.25) is 0 Å². The summed E-state index contributed by atoms with van der Waals surface area (Å²) < 4.78 is 17.6. The molecule has 0 saturated carbocycles. The molecule has 1 aromatic rings. The molecule has 4 atom stereocenters. The van der Waals surface area contributed by atoms with Crippen LogP contribution in [0.5, 0.6) is 0 Å². The van der Waals surface area contributed by atoms with Crippen molar-refractivity contribution >= 4 is 0 Å². The van der Waals surface area contributed by atoms with Crippen LogP contribution in [-0.2, 0) is 20.8 Å². The van der Waals surface area contributed by atoms with Crippen LogP contribution in [0.25, 0.3) is 0 Å².